The molecule has 0 fully saturated rings. The van der Waals surface area contributed by atoms with Crippen LogP contribution in [0.2, 0.25) is 0 Å². The van der Waals surface area contributed by atoms with Gasteiger partial charge < -0.3 is 9.67 Å². The van der Waals surface area contributed by atoms with Crippen LogP contribution in [0, 0.1) is 0 Å². The second-order valence-corrected chi connectivity index (χ2v) is 7.56. The lowest BCUT2D eigenvalue weighted by Crippen LogP contribution is -2.20. The van der Waals surface area contributed by atoms with Crippen LogP contribution in [0.15, 0.2) is 63.3 Å². The number of benzene rings is 2. The van der Waals surface area contributed by atoms with E-state index in [9.17, 15) is 9.90 Å². The molecule has 0 aliphatic heterocycles. The maximum atomic E-state index is 12.1. The molecule has 2 aromatic carbocycles. The monoisotopic (exact) mass is 459 g/mol. The Hall–Kier alpha value is -2.65. The Labute approximate surface area is 175 Å². The fraction of sp³-hybridized carbons (Fsp3) is 0.158. The van der Waals surface area contributed by atoms with Gasteiger partial charge in [0.2, 0.25) is 0 Å². The van der Waals surface area contributed by atoms with Crippen molar-refractivity contribution in [1.82, 2.24) is 20.2 Å². The van der Waals surface area contributed by atoms with Crippen molar-refractivity contribution in [2.45, 2.75) is 18.6 Å². The normalized spacial score (nSPS) is 11.1. The molecule has 0 spiro atoms. The Morgan fingerprint density at radius 2 is 2.07 bits per heavy atom. The quantitative estimate of drug-likeness (QED) is 0.319. The predicted octanol–water partition coefficient (Wildman–Crippen LogP) is 3.68. The van der Waals surface area contributed by atoms with Crippen LogP contribution < -0.4 is 5.43 Å². The topological polar surface area (TPSA) is 92.4 Å². The molecule has 0 saturated heterocycles. The van der Waals surface area contributed by atoms with Crippen LogP contribution in [0.25, 0.3) is 11.4 Å². The van der Waals surface area contributed by atoms with Crippen molar-refractivity contribution >= 4 is 39.8 Å². The highest BCUT2D eigenvalue weighted by molar-refractivity contribution is 9.10. The molecule has 1 heterocycles. The van der Waals surface area contributed by atoms with E-state index in [1.165, 1.54) is 18.0 Å². The summed E-state index contributed by atoms with van der Waals surface area (Å²) in [5, 5.41) is 22.8. The van der Waals surface area contributed by atoms with Gasteiger partial charge >= 0.3 is 0 Å². The Bertz CT molecular complexity index is 991. The second kappa shape index (κ2) is 9.52. The number of amides is 1. The zero-order valence-corrected chi connectivity index (χ0v) is 17.4. The van der Waals surface area contributed by atoms with Gasteiger partial charge in [0.15, 0.2) is 11.0 Å². The van der Waals surface area contributed by atoms with Crippen LogP contribution >= 0.6 is 27.7 Å². The highest BCUT2D eigenvalue weighted by Crippen LogP contribution is 2.23. The van der Waals surface area contributed by atoms with Gasteiger partial charge in [-0.1, -0.05) is 58.0 Å². The fourth-order valence-corrected chi connectivity index (χ4v) is 3.62. The molecule has 144 valence electrons. The molecule has 0 unspecified atom stereocenters. The number of phenolic OH excluding ortho intramolecular Hbond substituents is 1. The number of aromatic nitrogens is 3. The molecule has 1 aromatic heterocycles. The predicted molar refractivity (Wildman–Crippen MR) is 113 cm³/mol. The molecule has 9 heteroatoms. The molecule has 1 amide bonds. The number of hydrogen-bond acceptors (Lipinski definition) is 6. The average Bonchev–Trinajstić information content (AvgIpc) is 3.12. The van der Waals surface area contributed by atoms with Crippen molar-refractivity contribution < 1.29 is 9.90 Å². The highest BCUT2D eigenvalue weighted by Gasteiger charge is 2.14. The summed E-state index contributed by atoms with van der Waals surface area (Å²) in [6, 6.07) is 14.8. The zero-order valence-electron chi connectivity index (χ0n) is 15.0. The maximum Gasteiger partial charge on any atom is 0.250 e. The lowest BCUT2D eigenvalue weighted by molar-refractivity contribution is -0.118. The number of nitrogens with one attached hydrogen (secondary N) is 1. The van der Waals surface area contributed by atoms with Gasteiger partial charge in [0.25, 0.3) is 5.91 Å². The second-order valence-electron chi connectivity index (χ2n) is 5.70. The van der Waals surface area contributed by atoms with E-state index in [0.29, 0.717) is 17.3 Å². The number of nitrogens with zero attached hydrogens (tertiary/aromatic N) is 4. The molecule has 3 rings (SSSR count). The summed E-state index contributed by atoms with van der Waals surface area (Å²) in [6.07, 6.45) is 1.39. The first-order valence-corrected chi connectivity index (χ1v) is 10.3. The lowest BCUT2D eigenvalue weighted by atomic mass is 10.2. The van der Waals surface area contributed by atoms with E-state index in [-0.39, 0.29) is 17.4 Å². The first kappa shape index (κ1) is 20.1. The van der Waals surface area contributed by atoms with E-state index >= 15 is 0 Å². The molecule has 0 aliphatic carbocycles. The molecule has 0 bridgehead atoms. The van der Waals surface area contributed by atoms with Gasteiger partial charge in [0, 0.05) is 22.1 Å². The van der Waals surface area contributed by atoms with Crippen LogP contribution in [0.4, 0.5) is 0 Å². The Morgan fingerprint density at radius 1 is 1.29 bits per heavy atom. The summed E-state index contributed by atoms with van der Waals surface area (Å²) in [5.41, 5.74) is 3.93. The fourth-order valence-electron chi connectivity index (χ4n) is 2.45. The van der Waals surface area contributed by atoms with E-state index in [1.54, 1.807) is 18.2 Å². The van der Waals surface area contributed by atoms with Crippen LogP contribution in [0.1, 0.15) is 12.5 Å². The van der Waals surface area contributed by atoms with Gasteiger partial charge in [-0.25, -0.2) is 5.43 Å². The van der Waals surface area contributed by atoms with Gasteiger partial charge in [0.1, 0.15) is 5.75 Å². The summed E-state index contributed by atoms with van der Waals surface area (Å²) in [4.78, 5) is 12.1. The first-order valence-electron chi connectivity index (χ1n) is 8.50. The number of halogens is 1. The number of thioether (sulfide) groups is 1. The molecule has 28 heavy (non-hydrogen) atoms. The molecular weight excluding hydrogens is 442 g/mol. The SMILES string of the molecule is CCn1c(SCC(=O)N/N=C/c2cc(Br)ccc2O)nnc1-c1ccccc1. The van der Waals surface area contributed by atoms with E-state index in [0.717, 1.165) is 15.9 Å². The standard InChI is InChI=1S/C19H18BrN5O2S/c1-2-25-18(13-6-4-3-5-7-13)23-24-19(25)28-12-17(27)22-21-11-14-10-15(20)8-9-16(14)26/h3-11,26H,2,12H2,1H3,(H,22,27)/b21-11+. The van der Waals surface area contributed by atoms with Crippen molar-refractivity contribution in [1.29, 1.82) is 0 Å². The highest BCUT2D eigenvalue weighted by atomic mass is 79.9. The summed E-state index contributed by atoms with van der Waals surface area (Å²) in [6.45, 7) is 2.70. The van der Waals surface area contributed by atoms with E-state index in [2.05, 4.69) is 36.7 Å². The van der Waals surface area contributed by atoms with Crippen LogP contribution in [-0.2, 0) is 11.3 Å². The molecule has 0 saturated carbocycles. The third kappa shape index (κ3) is 4.99. The molecule has 3 aromatic rings. The third-order valence-electron chi connectivity index (χ3n) is 3.78. The minimum Gasteiger partial charge on any atom is -0.507 e. The molecule has 0 radical (unpaired) electrons. The molecular formula is C19H18BrN5O2S. The maximum absolute atomic E-state index is 12.1. The summed E-state index contributed by atoms with van der Waals surface area (Å²) in [7, 11) is 0. The minimum absolute atomic E-state index is 0.0834. The van der Waals surface area contributed by atoms with Gasteiger partial charge in [-0.2, -0.15) is 5.10 Å². The van der Waals surface area contributed by atoms with Crippen LogP contribution in [0.3, 0.4) is 0 Å². The Balaban J connectivity index is 1.60. The molecule has 0 aliphatic rings. The van der Waals surface area contributed by atoms with Crippen molar-refractivity contribution in [2.75, 3.05) is 5.75 Å². The van der Waals surface area contributed by atoms with Crippen molar-refractivity contribution in [3.63, 3.8) is 0 Å². The number of rotatable bonds is 7. The third-order valence-corrected chi connectivity index (χ3v) is 5.24. The number of hydrazone groups is 1. The van der Waals surface area contributed by atoms with Gasteiger partial charge in [-0.3, -0.25) is 4.79 Å². The van der Waals surface area contributed by atoms with Gasteiger partial charge in [0.05, 0.1) is 12.0 Å². The summed E-state index contributed by atoms with van der Waals surface area (Å²) < 4.78 is 2.78. The van der Waals surface area contributed by atoms with E-state index < -0.39 is 0 Å². The van der Waals surface area contributed by atoms with Crippen molar-refractivity contribution in [3.8, 4) is 17.1 Å². The Morgan fingerprint density at radius 3 is 2.82 bits per heavy atom. The number of hydrogen-bond donors (Lipinski definition) is 2. The number of carbonyl (C=O) groups excluding carboxylic acids is 1. The first-order chi connectivity index (χ1) is 13.6. The molecule has 2 N–H and O–H groups in total. The summed E-state index contributed by atoms with van der Waals surface area (Å²) in [5.74, 6) is 0.728. The van der Waals surface area contributed by atoms with Crippen LogP contribution in [-0.4, -0.2) is 37.7 Å². The zero-order chi connectivity index (χ0) is 19.9. The smallest absolute Gasteiger partial charge is 0.250 e. The van der Waals surface area contributed by atoms with E-state index in [4.69, 9.17) is 0 Å². The largest absolute Gasteiger partial charge is 0.507 e. The van der Waals surface area contributed by atoms with Crippen LogP contribution in [0.5, 0.6) is 5.75 Å². The van der Waals surface area contributed by atoms with Gasteiger partial charge in [-0.15, -0.1) is 10.2 Å². The number of aromatic hydroxyl groups is 1. The Kier molecular flexibility index (Phi) is 6.83. The molecule has 7 nitrogen and oxygen atoms in total. The number of phenols is 1. The lowest BCUT2D eigenvalue weighted by Gasteiger charge is -2.06. The van der Waals surface area contributed by atoms with E-state index in [1.807, 2.05) is 41.8 Å². The summed E-state index contributed by atoms with van der Waals surface area (Å²) >= 11 is 4.62. The van der Waals surface area contributed by atoms with Crippen molar-refractivity contribution in [2.24, 2.45) is 5.10 Å². The van der Waals surface area contributed by atoms with Crippen molar-refractivity contribution in [3.05, 3.63) is 58.6 Å². The van der Waals surface area contributed by atoms with Gasteiger partial charge in [-0.05, 0) is 25.1 Å². The number of carbonyl (C=O) groups is 1. The average molecular weight is 460 g/mol. The molecule has 0 atom stereocenters. The minimum atomic E-state index is -0.275.